The second-order valence-corrected chi connectivity index (χ2v) is 27.2. The van der Waals surface area contributed by atoms with Crippen molar-refractivity contribution in [3.63, 3.8) is 0 Å². The fourth-order valence-corrected chi connectivity index (χ4v) is 17.3. The van der Waals surface area contributed by atoms with Gasteiger partial charge in [0.1, 0.15) is 21.1 Å². The number of hydrogen-bond donors (Lipinski definition) is 3. The summed E-state index contributed by atoms with van der Waals surface area (Å²) in [6, 6.07) is 42.3. The lowest BCUT2D eigenvalue weighted by Crippen LogP contribution is -2.32. The molecule has 21 heteroatoms. The molecule has 522 valence electrons. The normalized spacial score (nSPS) is 19.3. The van der Waals surface area contributed by atoms with Gasteiger partial charge in [-0.1, -0.05) is 54.6 Å². The van der Waals surface area contributed by atoms with Crippen molar-refractivity contribution in [1.29, 1.82) is 0 Å². The minimum absolute atomic E-state index is 0.0649. The fourth-order valence-electron chi connectivity index (χ4n) is 17.3. The van der Waals surface area contributed by atoms with Crippen LogP contribution in [0.1, 0.15) is 114 Å². The third-order valence-corrected chi connectivity index (χ3v) is 22.0. The molecule has 21 nitrogen and oxygen atoms in total. The SMILES string of the molecule is COc1cc2c(c(-c3ccc4nc[nH]c4c3)c1OC)C=CC1c3ccc4c(c3C=[N+](C)C21)OCO4.COc1cc2c(cc1OC)C1C(C(c3ccc4nc[nH]c4c3)=C2)c2ccc3c(c2C=[N+]1C)OCO3.COc1cc2c(cc1OC)C1C(C=C2c2ccc3nc[nH]c3c2)c2ccc3c(c2C=[N+]1C)OCO3. The summed E-state index contributed by atoms with van der Waals surface area (Å²) in [7, 11) is 16.4. The Kier molecular flexibility index (Phi) is 14.9. The van der Waals surface area contributed by atoms with Crippen LogP contribution >= 0.6 is 0 Å². The lowest BCUT2D eigenvalue weighted by Gasteiger charge is -2.35. The van der Waals surface area contributed by atoms with Crippen LogP contribution in [-0.4, -0.2) is 146 Å². The Labute approximate surface area is 603 Å². The van der Waals surface area contributed by atoms with Crippen molar-refractivity contribution >= 4 is 75.0 Å². The number of aromatic nitrogens is 6. The zero-order chi connectivity index (χ0) is 71.0. The largest absolute Gasteiger partial charge is 0.493 e. The molecule has 6 atom stereocenters. The Morgan fingerprint density at radius 2 is 0.876 bits per heavy atom. The summed E-state index contributed by atoms with van der Waals surface area (Å²) in [4.78, 5) is 22.9. The maximum atomic E-state index is 5.91. The molecule has 0 saturated heterocycles. The van der Waals surface area contributed by atoms with Crippen LogP contribution in [0.5, 0.6) is 69.0 Å². The molecule has 21 rings (SSSR count). The molecular weight excluding hydrogens is 1330 g/mol. The molecule has 0 saturated carbocycles. The van der Waals surface area contributed by atoms with E-state index in [0.717, 1.165) is 152 Å². The molecule has 0 spiro atoms. The molecule has 105 heavy (non-hydrogen) atoms. The van der Waals surface area contributed by atoms with E-state index in [2.05, 4.69) is 205 Å². The number of benzene rings is 9. The smallest absolute Gasteiger partial charge is 0.231 e. The number of imidazole rings is 3. The van der Waals surface area contributed by atoms with E-state index in [1.165, 1.54) is 39.0 Å². The molecule has 3 aliphatic carbocycles. The highest BCUT2D eigenvalue weighted by Gasteiger charge is 2.48. The molecule has 9 heterocycles. The summed E-state index contributed by atoms with van der Waals surface area (Å²) in [5.41, 5.74) is 26.4. The van der Waals surface area contributed by atoms with Crippen LogP contribution in [0.3, 0.4) is 0 Å². The van der Waals surface area contributed by atoms with E-state index in [9.17, 15) is 0 Å². The van der Waals surface area contributed by atoms with Crippen molar-refractivity contribution in [2.75, 3.05) is 84.2 Å². The number of aromatic amines is 3. The zero-order valence-corrected chi connectivity index (χ0v) is 59.0. The first-order valence-electron chi connectivity index (χ1n) is 34.7. The highest BCUT2D eigenvalue weighted by molar-refractivity contribution is 5.98. The first-order valence-corrected chi connectivity index (χ1v) is 34.7. The van der Waals surface area contributed by atoms with E-state index in [1.807, 2.05) is 24.3 Å². The van der Waals surface area contributed by atoms with Gasteiger partial charge in [-0.05, 0) is 152 Å². The predicted molar refractivity (Wildman–Crippen MR) is 398 cm³/mol. The van der Waals surface area contributed by atoms with E-state index < -0.39 is 0 Å². The van der Waals surface area contributed by atoms with Gasteiger partial charge in [0, 0.05) is 22.3 Å². The molecule has 0 amide bonds. The van der Waals surface area contributed by atoms with Crippen LogP contribution in [0.25, 0.3) is 67.5 Å². The van der Waals surface area contributed by atoms with Crippen molar-refractivity contribution in [3.05, 3.63) is 230 Å². The van der Waals surface area contributed by atoms with Crippen LogP contribution in [0.4, 0.5) is 0 Å². The second-order valence-electron chi connectivity index (χ2n) is 27.2. The third kappa shape index (κ3) is 9.94. The van der Waals surface area contributed by atoms with E-state index >= 15 is 0 Å². The lowest BCUT2D eigenvalue weighted by molar-refractivity contribution is -0.544. The summed E-state index contributed by atoms with van der Waals surface area (Å²) in [5, 5.41) is 0. The second kappa shape index (κ2) is 24.7. The number of likely N-dealkylation sites (N-methyl/N-ethyl adjacent to an activating group) is 3. The Hall–Kier alpha value is -12.8. The van der Waals surface area contributed by atoms with E-state index in [4.69, 9.17) is 56.8 Å². The molecule has 3 N–H and O–H groups in total. The van der Waals surface area contributed by atoms with Gasteiger partial charge in [-0.15, -0.1) is 0 Å². The average Bonchev–Trinajstić information content (AvgIpc) is 0.810. The zero-order valence-electron chi connectivity index (χ0n) is 59.0. The van der Waals surface area contributed by atoms with E-state index in [0.29, 0.717) is 11.5 Å². The van der Waals surface area contributed by atoms with Gasteiger partial charge in [-0.3, -0.25) is 0 Å². The summed E-state index contributed by atoms with van der Waals surface area (Å²) in [5.74, 6) is 9.49. The van der Waals surface area contributed by atoms with Crippen molar-refractivity contribution < 1.29 is 70.6 Å². The molecule has 0 bridgehead atoms. The molecule has 9 aromatic carbocycles. The number of H-pyrrole nitrogens is 3. The van der Waals surface area contributed by atoms with Crippen molar-refractivity contribution in [3.8, 4) is 80.1 Å². The summed E-state index contributed by atoms with van der Waals surface area (Å²) >= 11 is 0. The fraction of sp³-hybridized carbons (Fsp3) is 0.214. The van der Waals surface area contributed by atoms with Gasteiger partial charge < -0.3 is 71.8 Å². The maximum absolute atomic E-state index is 5.91. The molecule has 0 fully saturated rings. The Morgan fingerprint density at radius 3 is 1.45 bits per heavy atom. The molecule has 0 radical (unpaired) electrons. The Bertz CT molecular complexity index is 5880. The summed E-state index contributed by atoms with van der Waals surface area (Å²) in [6.07, 6.45) is 20.9. The van der Waals surface area contributed by atoms with Crippen molar-refractivity contribution in [1.82, 2.24) is 29.9 Å². The average molecular weight is 1400 g/mol. The number of methoxy groups -OCH3 is 6. The summed E-state index contributed by atoms with van der Waals surface area (Å²) in [6.45, 7) is 0.760. The predicted octanol–water partition coefficient (Wildman–Crippen LogP) is 14.3. The monoisotopic (exact) mass is 1400 g/mol. The van der Waals surface area contributed by atoms with Crippen LogP contribution in [-0.2, 0) is 0 Å². The van der Waals surface area contributed by atoms with Crippen LogP contribution in [0.15, 0.2) is 152 Å². The van der Waals surface area contributed by atoms with Gasteiger partial charge in [-0.25, -0.2) is 28.7 Å². The van der Waals surface area contributed by atoms with Crippen LogP contribution in [0.2, 0.25) is 0 Å². The Balaban J connectivity index is 0.000000108. The highest BCUT2D eigenvalue weighted by atomic mass is 16.7. The number of nitrogens with zero attached hydrogens (tertiary/aromatic N) is 6. The van der Waals surface area contributed by atoms with Gasteiger partial charge in [0.15, 0.2) is 106 Å². The minimum Gasteiger partial charge on any atom is -0.493 e. The first-order chi connectivity index (χ1) is 51.5. The van der Waals surface area contributed by atoms with Crippen molar-refractivity contribution in [2.24, 2.45) is 0 Å². The van der Waals surface area contributed by atoms with E-state index in [-0.39, 0.29) is 56.3 Å². The summed E-state index contributed by atoms with van der Waals surface area (Å²) < 4.78 is 75.8. The van der Waals surface area contributed by atoms with Gasteiger partial charge in [-0.2, -0.15) is 0 Å². The van der Waals surface area contributed by atoms with Gasteiger partial charge in [0.2, 0.25) is 20.4 Å². The quantitative estimate of drug-likeness (QED) is 0.115. The number of nitrogens with one attached hydrogen (secondary N) is 3. The van der Waals surface area contributed by atoms with Crippen LogP contribution < -0.4 is 56.8 Å². The maximum Gasteiger partial charge on any atom is 0.231 e. The van der Waals surface area contributed by atoms with Crippen molar-refractivity contribution in [2.45, 2.75) is 35.9 Å². The molecule has 6 aliphatic heterocycles. The Morgan fingerprint density at radius 1 is 0.410 bits per heavy atom. The molecule has 9 aliphatic rings. The van der Waals surface area contributed by atoms with E-state index in [1.54, 1.807) is 61.6 Å². The number of hydrogen-bond acceptors (Lipinski definition) is 15. The number of ether oxygens (including phenoxy) is 12. The number of rotatable bonds is 9. The topological polar surface area (TPSA) is 206 Å². The third-order valence-electron chi connectivity index (χ3n) is 22.0. The lowest BCUT2D eigenvalue weighted by atomic mass is 9.70. The van der Waals surface area contributed by atoms with Gasteiger partial charge >= 0.3 is 0 Å². The molecular formula is C84H72N9O12+3. The molecule has 12 aromatic rings. The highest BCUT2D eigenvalue weighted by Crippen LogP contribution is 2.58. The van der Waals surface area contributed by atoms with Gasteiger partial charge in [0.05, 0.1) is 129 Å². The van der Waals surface area contributed by atoms with Gasteiger partial charge in [0.25, 0.3) is 0 Å². The first kappa shape index (κ1) is 63.2. The minimum atomic E-state index is 0.0649. The number of fused-ring (bicyclic) bond motifs is 24. The van der Waals surface area contributed by atoms with Crippen LogP contribution in [0, 0.1) is 0 Å². The molecule has 6 unspecified atom stereocenters. The molecule has 3 aromatic heterocycles. The standard InChI is InChI=1S/3C28H24N3O4/c1-31-12-20-16(7-9-23-27(20)35-14-34-23)18-6-5-17-19(26(18)31)11-24(32-2)28(33-3)25(17)15-4-8-21-22(10-15)30-13-29-21;1-31-12-20-17(5-7-23-28(20)35-14-34-23)26-18(15-4-6-21-22(9-15)30-13-29-21)8-16-10-24(32-2)25(33-3)11-19(16)27(26)31;1-31-12-21-16(5-7-24-28(21)35-14-34-24)19-9-17(15-4-6-22-23(8-15)30-13-29-22)18-10-25(32-2)26(33-3)11-20(18)27(19)31/h4-13,18,26H,14H2,1-3H3,(H,29,30);4-13,26-27H,14H2,1-3H3,(H,29,30);4-13,19,27H,14H2,1-3H3,(H,29,30)/q3*+1.